The van der Waals surface area contributed by atoms with E-state index >= 15 is 0 Å². The highest BCUT2D eigenvalue weighted by Crippen LogP contribution is 2.47. The molecule has 0 amide bonds. The molecule has 1 heterocycles. The van der Waals surface area contributed by atoms with Gasteiger partial charge >= 0.3 is 6.18 Å². The molecule has 1 unspecified atom stereocenters. The Balaban J connectivity index is 1.89. The fraction of sp³-hybridized carbons (Fsp3) is 0.174. The number of ketones is 1. The maximum atomic E-state index is 13.5. The molecular weight excluding hydrogens is 567 g/mol. The Morgan fingerprint density at radius 3 is 2.34 bits per heavy atom. The molecule has 0 aliphatic carbocycles. The molecule has 0 saturated heterocycles. The van der Waals surface area contributed by atoms with E-state index in [1.165, 1.54) is 18.2 Å². The van der Waals surface area contributed by atoms with E-state index < -0.39 is 22.3 Å². The topological polar surface area (TPSA) is 63.0 Å². The van der Waals surface area contributed by atoms with Crippen molar-refractivity contribution in [2.24, 2.45) is 0 Å². The molecule has 0 radical (unpaired) electrons. The second-order valence-corrected chi connectivity index (χ2v) is 9.89. The third kappa shape index (κ3) is 6.35. The predicted octanol–water partition coefficient (Wildman–Crippen LogP) is 8.26. The Hall–Kier alpha value is -2.15. The van der Waals surface area contributed by atoms with Crippen LogP contribution in [0.5, 0.6) is 5.88 Å². The van der Waals surface area contributed by atoms with Crippen LogP contribution in [0.15, 0.2) is 59.6 Å². The number of ether oxygens (including phenoxy) is 1. The number of carbonyl (C=O) groups excluding carboxylic acids is 1. The quantitative estimate of drug-likeness (QED) is 0.251. The number of aromatic nitrogens is 1. The monoisotopic (exact) mass is 578 g/mol. The standard InChI is InChI=1S/C23H13Cl4F3N2O2S/c24-14-5-6-15(17(26)10-14)22(12-31,35-19-4-2-1-3-16(19)25)20(33)7-8-34-21-18(27)9-13(11-32-21)23(28,29)30/h1-6,9-11H,7-8H2. The Labute approximate surface area is 222 Å². The molecule has 0 bridgehead atoms. The first-order valence-electron chi connectivity index (χ1n) is 9.67. The van der Waals surface area contributed by atoms with E-state index in [-0.39, 0.29) is 34.5 Å². The fourth-order valence-electron chi connectivity index (χ4n) is 2.98. The van der Waals surface area contributed by atoms with Crippen molar-refractivity contribution in [3.63, 3.8) is 0 Å². The Bertz CT molecular complexity index is 1300. The van der Waals surface area contributed by atoms with Crippen molar-refractivity contribution in [1.29, 1.82) is 5.26 Å². The number of carbonyl (C=O) groups is 1. The van der Waals surface area contributed by atoms with Crippen molar-refractivity contribution < 1.29 is 22.7 Å². The molecule has 35 heavy (non-hydrogen) atoms. The lowest BCUT2D eigenvalue weighted by Crippen LogP contribution is -2.32. The molecule has 0 fully saturated rings. The minimum atomic E-state index is -4.62. The molecule has 182 valence electrons. The van der Waals surface area contributed by atoms with Crippen LogP contribution in [0.1, 0.15) is 17.5 Å². The van der Waals surface area contributed by atoms with Gasteiger partial charge in [0.15, 0.2) is 10.5 Å². The van der Waals surface area contributed by atoms with Crippen LogP contribution in [0.3, 0.4) is 0 Å². The summed E-state index contributed by atoms with van der Waals surface area (Å²) in [7, 11) is 0. The van der Waals surface area contributed by atoms with E-state index in [9.17, 15) is 23.2 Å². The first kappa shape index (κ1) is 27.4. The van der Waals surface area contributed by atoms with E-state index in [0.717, 1.165) is 11.8 Å². The van der Waals surface area contributed by atoms with Gasteiger partial charge in [-0.05, 0) is 30.3 Å². The summed E-state index contributed by atoms with van der Waals surface area (Å²) in [6.45, 7) is -0.311. The van der Waals surface area contributed by atoms with Gasteiger partial charge in [0.05, 0.1) is 23.3 Å². The molecule has 1 aromatic heterocycles. The normalized spacial score (nSPS) is 13.1. The minimum Gasteiger partial charge on any atom is -0.476 e. The number of nitriles is 1. The summed E-state index contributed by atoms with van der Waals surface area (Å²) in [6, 6.07) is 13.8. The summed E-state index contributed by atoms with van der Waals surface area (Å²) >= 11 is 25.4. The number of alkyl halides is 3. The van der Waals surface area contributed by atoms with Gasteiger partial charge in [0.2, 0.25) is 5.88 Å². The molecule has 0 saturated carbocycles. The average Bonchev–Trinajstić information content (AvgIpc) is 2.79. The molecule has 0 aliphatic rings. The zero-order chi connectivity index (χ0) is 25.8. The number of benzene rings is 2. The second kappa shape index (κ2) is 11.3. The second-order valence-electron chi connectivity index (χ2n) is 6.98. The molecule has 0 N–H and O–H groups in total. The Morgan fingerprint density at radius 1 is 1.03 bits per heavy atom. The van der Waals surface area contributed by atoms with E-state index in [1.54, 1.807) is 24.3 Å². The fourth-order valence-corrected chi connectivity index (χ4v) is 5.25. The highest BCUT2D eigenvalue weighted by molar-refractivity contribution is 8.01. The lowest BCUT2D eigenvalue weighted by atomic mass is 9.93. The smallest absolute Gasteiger partial charge is 0.417 e. The van der Waals surface area contributed by atoms with Crippen molar-refractivity contribution in [1.82, 2.24) is 4.98 Å². The summed E-state index contributed by atoms with van der Waals surface area (Å²) in [5.74, 6) is -0.865. The predicted molar refractivity (Wildman–Crippen MR) is 130 cm³/mol. The SMILES string of the molecule is N#CC(Sc1ccccc1Cl)(C(=O)CCOc1ncc(C(F)(F)F)cc1Cl)c1ccc(Cl)cc1Cl. The number of thioether (sulfide) groups is 1. The zero-order valence-electron chi connectivity index (χ0n) is 17.4. The van der Waals surface area contributed by atoms with Gasteiger partial charge in [0.25, 0.3) is 0 Å². The van der Waals surface area contributed by atoms with Gasteiger partial charge in [-0.3, -0.25) is 4.79 Å². The first-order chi connectivity index (χ1) is 16.5. The number of rotatable bonds is 8. The average molecular weight is 580 g/mol. The van der Waals surface area contributed by atoms with Crippen molar-refractivity contribution in [2.45, 2.75) is 22.2 Å². The Morgan fingerprint density at radius 2 is 1.74 bits per heavy atom. The minimum absolute atomic E-state index is 0.0975. The molecule has 3 aromatic rings. The van der Waals surface area contributed by atoms with Crippen molar-refractivity contribution in [3.8, 4) is 11.9 Å². The summed E-state index contributed by atoms with van der Waals surface area (Å²) in [6.07, 6.45) is -4.36. The molecule has 0 spiro atoms. The largest absolute Gasteiger partial charge is 0.476 e. The van der Waals surface area contributed by atoms with Crippen molar-refractivity contribution in [3.05, 3.63) is 85.9 Å². The lowest BCUT2D eigenvalue weighted by molar-refractivity contribution is -0.137. The van der Waals surface area contributed by atoms with Gasteiger partial charge < -0.3 is 4.74 Å². The van der Waals surface area contributed by atoms with E-state index in [4.69, 9.17) is 51.1 Å². The van der Waals surface area contributed by atoms with Crippen LogP contribution in [0, 0.1) is 11.3 Å². The molecule has 1 atom stereocenters. The third-order valence-corrected chi connectivity index (χ3v) is 7.34. The van der Waals surface area contributed by atoms with Crippen LogP contribution in [-0.2, 0) is 15.7 Å². The summed E-state index contributed by atoms with van der Waals surface area (Å²) in [5.41, 5.74) is -0.838. The number of nitrogens with zero attached hydrogens (tertiary/aromatic N) is 2. The van der Waals surface area contributed by atoms with Crippen LogP contribution in [0.2, 0.25) is 20.1 Å². The number of pyridine rings is 1. The summed E-state index contributed by atoms with van der Waals surface area (Å²) in [5, 5.41) is 10.6. The number of hydrogen-bond acceptors (Lipinski definition) is 5. The van der Waals surface area contributed by atoms with Crippen LogP contribution < -0.4 is 4.74 Å². The van der Waals surface area contributed by atoms with Crippen LogP contribution in [0.25, 0.3) is 0 Å². The van der Waals surface area contributed by atoms with Crippen LogP contribution in [0.4, 0.5) is 13.2 Å². The Kier molecular flexibility index (Phi) is 8.84. The molecule has 3 rings (SSSR count). The van der Waals surface area contributed by atoms with E-state index in [0.29, 0.717) is 27.2 Å². The van der Waals surface area contributed by atoms with Crippen molar-refractivity contribution >= 4 is 63.9 Å². The van der Waals surface area contributed by atoms with Crippen LogP contribution in [-0.4, -0.2) is 17.4 Å². The maximum absolute atomic E-state index is 13.5. The molecule has 12 heteroatoms. The molecule has 2 aromatic carbocycles. The molecular formula is C23H13Cl4F3N2O2S. The number of hydrogen-bond donors (Lipinski definition) is 0. The maximum Gasteiger partial charge on any atom is 0.417 e. The highest BCUT2D eigenvalue weighted by Gasteiger charge is 2.43. The molecule has 0 aliphatic heterocycles. The van der Waals surface area contributed by atoms with Gasteiger partial charge in [0.1, 0.15) is 5.02 Å². The van der Waals surface area contributed by atoms with E-state index in [2.05, 4.69) is 11.1 Å². The lowest BCUT2D eigenvalue weighted by Gasteiger charge is -2.26. The van der Waals surface area contributed by atoms with Gasteiger partial charge in [0, 0.05) is 33.1 Å². The highest BCUT2D eigenvalue weighted by atomic mass is 35.5. The summed E-state index contributed by atoms with van der Waals surface area (Å²) in [4.78, 5) is 17.5. The van der Waals surface area contributed by atoms with Gasteiger partial charge in [-0.25, -0.2) is 4.98 Å². The number of halogens is 7. The summed E-state index contributed by atoms with van der Waals surface area (Å²) < 4.78 is 41.9. The van der Waals surface area contributed by atoms with Gasteiger partial charge in [-0.1, -0.05) is 76.4 Å². The van der Waals surface area contributed by atoms with Gasteiger partial charge in [-0.2, -0.15) is 18.4 Å². The van der Waals surface area contributed by atoms with Crippen molar-refractivity contribution in [2.75, 3.05) is 6.61 Å². The third-order valence-electron chi connectivity index (χ3n) is 4.66. The van der Waals surface area contributed by atoms with Gasteiger partial charge in [-0.15, -0.1) is 0 Å². The van der Waals surface area contributed by atoms with E-state index in [1.807, 2.05) is 0 Å². The zero-order valence-corrected chi connectivity index (χ0v) is 21.2. The van der Waals surface area contributed by atoms with Crippen LogP contribution >= 0.6 is 58.2 Å². The first-order valence-corrected chi connectivity index (χ1v) is 12.0. The number of Topliss-reactive ketones (excluding diaryl/α,β-unsaturated/α-hetero) is 1. The molecule has 4 nitrogen and oxygen atoms in total.